The molecule has 0 N–H and O–H groups in total. The summed E-state index contributed by atoms with van der Waals surface area (Å²) in [7, 11) is 0. The van der Waals surface area contributed by atoms with E-state index in [2.05, 4.69) is 43.0 Å². The molecule has 0 atom stereocenters. The standard InChI is InChI=1S/C30H25F3/c1-2-3-4-21-5-7-22(8-6-21)9-10-24-18-29(32)28(30(33)19-24)16-12-23-11-13-26-20-27(31)15-14-25(26)17-23/h5-8,11,13-15,17-20H,2-4,9-10H2,1H3. The Morgan fingerprint density at radius 2 is 1.21 bits per heavy atom. The van der Waals surface area contributed by atoms with Gasteiger partial charge in [0.1, 0.15) is 17.5 Å². The quantitative estimate of drug-likeness (QED) is 0.267. The molecule has 0 radical (unpaired) electrons. The number of unbranched alkanes of at least 4 members (excludes halogenated alkanes) is 1. The summed E-state index contributed by atoms with van der Waals surface area (Å²) in [6.45, 7) is 2.18. The van der Waals surface area contributed by atoms with Crippen LogP contribution in [-0.4, -0.2) is 0 Å². The van der Waals surface area contributed by atoms with Crippen molar-refractivity contribution in [3.8, 4) is 11.8 Å². The van der Waals surface area contributed by atoms with E-state index in [1.165, 1.54) is 42.7 Å². The molecular weight excluding hydrogens is 417 g/mol. The van der Waals surface area contributed by atoms with Crippen LogP contribution in [-0.2, 0) is 19.3 Å². The number of benzene rings is 4. The average molecular weight is 443 g/mol. The molecule has 4 rings (SSSR count). The van der Waals surface area contributed by atoms with Crippen LogP contribution in [0.4, 0.5) is 13.2 Å². The molecule has 0 unspecified atom stereocenters. The summed E-state index contributed by atoms with van der Waals surface area (Å²) in [5.41, 5.74) is 3.45. The van der Waals surface area contributed by atoms with Gasteiger partial charge >= 0.3 is 0 Å². The molecule has 0 heterocycles. The van der Waals surface area contributed by atoms with Gasteiger partial charge in [-0.3, -0.25) is 0 Å². The molecule has 0 nitrogen and oxygen atoms in total. The third kappa shape index (κ3) is 5.84. The minimum Gasteiger partial charge on any atom is -0.207 e. The van der Waals surface area contributed by atoms with Crippen LogP contribution >= 0.6 is 0 Å². The summed E-state index contributed by atoms with van der Waals surface area (Å²) < 4.78 is 42.6. The summed E-state index contributed by atoms with van der Waals surface area (Å²) in [4.78, 5) is 0. The largest absolute Gasteiger partial charge is 0.207 e. The number of hydrogen-bond acceptors (Lipinski definition) is 0. The summed E-state index contributed by atoms with van der Waals surface area (Å²) in [6.07, 6.45) is 4.69. The van der Waals surface area contributed by atoms with Crippen molar-refractivity contribution in [1.82, 2.24) is 0 Å². The van der Waals surface area contributed by atoms with Gasteiger partial charge in [-0.25, -0.2) is 13.2 Å². The molecular formula is C30H25F3. The molecule has 33 heavy (non-hydrogen) atoms. The van der Waals surface area contributed by atoms with E-state index in [-0.39, 0.29) is 11.4 Å². The van der Waals surface area contributed by atoms with Gasteiger partial charge in [0, 0.05) is 5.56 Å². The Morgan fingerprint density at radius 1 is 0.606 bits per heavy atom. The van der Waals surface area contributed by atoms with E-state index >= 15 is 0 Å². The Labute approximate surface area is 193 Å². The van der Waals surface area contributed by atoms with E-state index in [0.717, 1.165) is 29.2 Å². The fraction of sp³-hybridized carbons (Fsp3) is 0.200. The normalized spacial score (nSPS) is 10.8. The SMILES string of the molecule is CCCCc1ccc(CCc2cc(F)c(C#Cc3ccc4cc(F)ccc4c3)c(F)c2)cc1. The molecule has 4 aromatic carbocycles. The molecule has 0 aliphatic carbocycles. The van der Waals surface area contributed by atoms with Crippen molar-refractivity contribution in [1.29, 1.82) is 0 Å². The van der Waals surface area contributed by atoms with Crippen LogP contribution in [0.2, 0.25) is 0 Å². The van der Waals surface area contributed by atoms with Crippen LogP contribution in [0, 0.1) is 29.3 Å². The van der Waals surface area contributed by atoms with Crippen molar-refractivity contribution in [3.63, 3.8) is 0 Å². The predicted octanol–water partition coefficient (Wildman–Crippen LogP) is 7.78. The maximum absolute atomic E-state index is 14.6. The smallest absolute Gasteiger partial charge is 0.142 e. The van der Waals surface area contributed by atoms with Gasteiger partial charge in [-0.2, -0.15) is 0 Å². The maximum atomic E-state index is 14.6. The number of fused-ring (bicyclic) bond motifs is 1. The van der Waals surface area contributed by atoms with E-state index in [9.17, 15) is 13.2 Å². The van der Waals surface area contributed by atoms with E-state index in [1.54, 1.807) is 24.3 Å². The van der Waals surface area contributed by atoms with Crippen molar-refractivity contribution < 1.29 is 13.2 Å². The van der Waals surface area contributed by atoms with Gasteiger partial charge < -0.3 is 0 Å². The first-order valence-electron chi connectivity index (χ1n) is 11.3. The molecule has 4 aromatic rings. The van der Waals surface area contributed by atoms with Crippen LogP contribution in [0.25, 0.3) is 10.8 Å². The minimum absolute atomic E-state index is 0.238. The van der Waals surface area contributed by atoms with Gasteiger partial charge in [0.2, 0.25) is 0 Å². The molecule has 3 heteroatoms. The van der Waals surface area contributed by atoms with Crippen molar-refractivity contribution >= 4 is 10.8 Å². The van der Waals surface area contributed by atoms with Crippen molar-refractivity contribution in [3.05, 3.63) is 118 Å². The molecule has 0 aliphatic heterocycles. The number of halogens is 3. The lowest BCUT2D eigenvalue weighted by molar-refractivity contribution is 0.573. The van der Waals surface area contributed by atoms with E-state index in [1.807, 2.05) is 0 Å². The molecule has 0 fully saturated rings. The number of rotatable bonds is 6. The lowest BCUT2D eigenvalue weighted by atomic mass is 10.0. The van der Waals surface area contributed by atoms with Crippen LogP contribution in [0.3, 0.4) is 0 Å². The van der Waals surface area contributed by atoms with Gasteiger partial charge in [-0.15, -0.1) is 0 Å². The lowest BCUT2D eigenvalue weighted by Crippen LogP contribution is -1.98. The average Bonchev–Trinajstić information content (AvgIpc) is 2.81. The summed E-state index contributed by atoms with van der Waals surface area (Å²) in [5, 5.41) is 1.57. The topological polar surface area (TPSA) is 0 Å². The van der Waals surface area contributed by atoms with Crippen molar-refractivity contribution in [2.24, 2.45) is 0 Å². The second-order valence-corrected chi connectivity index (χ2v) is 8.31. The second-order valence-electron chi connectivity index (χ2n) is 8.31. The Bertz CT molecular complexity index is 1300. The zero-order valence-corrected chi connectivity index (χ0v) is 18.6. The zero-order valence-electron chi connectivity index (χ0n) is 18.6. The van der Waals surface area contributed by atoms with Crippen LogP contribution < -0.4 is 0 Å². The van der Waals surface area contributed by atoms with Crippen LogP contribution in [0.5, 0.6) is 0 Å². The molecule has 0 saturated heterocycles. The van der Waals surface area contributed by atoms with Crippen molar-refractivity contribution in [2.45, 2.75) is 39.0 Å². The minimum atomic E-state index is -0.657. The first-order valence-corrected chi connectivity index (χ1v) is 11.3. The first-order chi connectivity index (χ1) is 16.0. The third-order valence-corrected chi connectivity index (χ3v) is 5.78. The lowest BCUT2D eigenvalue weighted by Gasteiger charge is -2.06. The highest BCUT2D eigenvalue weighted by Crippen LogP contribution is 2.19. The van der Waals surface area contributed by atoms with Gasteiger partial charge in [0.15, 0.2) is 0 Å². The number of hydrogen-bond donors (Lipinski definition) is 0. The highest BCUT2D eigenvalue weighted by molar-refractivity contribution is 5.84. The van der Waals surface area contributed by atoms with E-state index in [0.29, 0.717) is 17.5 Å². The number of aryl methyl sites for hydroxylation is 3. The van der Waals surface area contributed by atoms with Gasteiger partial charge in [-0.1, -0.05) is 61.6 Å². The molecule has 0 aliphatic rings. The summed E-state index contributed by atoms with van der Waals surface area (Å²) in [6, 6.07) is 20.9. The zero-order chi connectivity index (χ0) is 23.2. The van der Waals surface area contributed by atoms with Gasteiger partial charge in [0.25, 0.3) is 0 Å². The fourth-order valence-electron chi connectivity index (χ4n) is 3.86. The Morgan fingerprint density at radius 3 is 1.91 bits per heavy atom. The molecule has 0 amide bonds. The van der Waals surface area contributed by atoms with Crippen LogP contribution in [0.1, 0.15) is 47.6 Å². The molecule has 0 spiro atoms. The molecule has 0 saturated carbocycles. The van der Waals surface area contributed by atoms with Gasteiger partial charge in [-0.05, 0) is 89.5 Å². The predicted molar refractivity (Wildman–Crippen MR) is 129 cm³/mol. The Hall–Kier alpha value is -3.51. The Balaban J connectivity index is 1.46. The van der Waals surface area contributed by atoms with Gasteiger partial charge in [0.05, 0.1) is 5.56 Å². The summed E-state index contributed by atoms with van der Waals surface area (Å²) >= 11 is 0. The molecule has 0 bridgehead atoms. The highest BCUT2D eigenvalue weighted by atomic mass is 19.1. The molecule has 0 aromatic heterocycles. The fourth-order valence-corrected chi connectivity index (χ4v) is 3.86. The first kappa shape index (κ1) is 22.7. The Kier molecular flexibility index (Phi) is 7.15. The summed E-state index contributed by atoms with van der Waals surface area (Å²) in [5.74, 6) is 3.82. The monoisotopic (exact) mass is 442 g/mol. The van der Waals surface area contributed by atoms with Crippen LogP contribution in [0.15, 0.2) is 72.8 Å². The van der Waals surface area contributed by atoms with E-state index < -0.39 is 11.6 Å². The molecule has 166 valence electrons. The second kappa shape index (κ2) is 10.4. The maximum Gasteiger partial charge on any atom is 0.142 e. The highest BCUT2D eigenvalue weighted by Gasteiger charge is 2.10. The van der Waals surface area contributed by atoms with Crippen molar-refractivity contribution in [2.75, 3.05) is 0 Å². The third-order valence-electron chi connectivity index (χ3n) is 5.78. The van der Waals surface area contributed by atoms with E-state index in [4.69, 9.17) is 0 Å².